The molecule has 1 aromatic carbocycles. The Morgan fingerprint density at radius 1 is 1.33 bits per heavy atom. The maximum atomic E-state index is 3.48. The minimum absolute atomic E-state index is 0.604. The summed E-state index contributed by atoms with van der Waals surface area (Å²) in [5, 5.41) is 3.48. The first kappa shape index (κ1) is 10.3. The van der Waals surface area contributed by atoms with E-state index in [1.165, 1.54) is 23.4 Å². The van der Waals surface area contributed by atoms with Crippen LogP contribution in [0.3, 0.4) is 0 Å². The molecule has 0 fully saturated rings. The SMILES string of the molecule is CC(C)c1ccc2c(c1)N(C)CCCN2. The van der Waals surface area contributed by atoms with Crippen LogP contribution >= 0.6 is 0 Å². The maximum Gasteiger partial charge on any atom is 0.0602 e. The van der Waals surface area contributed by atoms with E-state index in [4.69, 9.17) is 0 Å². The molecule has 1 heterocycles. The second kappa shape index (κ2) is 4.13. The summed E-state index contributed by atoms with van der Waals surface area (Å²) in [5.74, 6) is 0.604. The second-order valence-corrected chi connectivity index (χ2v) is 4.63. The third-order valence-corrected chi connectivity index (χ3v) is 3.09. The van der Waals surface area contributed by atoms with E-state index in [0.717, 1.165) is 13.1 Å². The first-order valence-corrected chi connectivity index (χ1v) is 5.77. The fraction of sp³-hybridized carbons (Fsp3) is 0.538. The predicted molar refractivity (Wildman–Crippen MR) is 66.9 cm³/mol. The van der Waals surface area contributed by atoms with Crippen molar-refractivity contribution in [3.8, 4) is 0 Å². The van der Waals surface area contributed by atoms with Crippen molar-refractivity contribution in [2.45, 2.75) is 26.2 Å². The fourth-order valence-electron chi connectivity index (χ4n) is 2.03. The van der Waals surface area contributed by atoms with Crippen LogP contribution in [-0.4, -0.2) is 20.1 Å². The molecule has 82 valence electrons. The van der Waals surface area contributed by atoms with Gasteiger partial charge in [-0.1, -0.05) is 19.9 Å². The Morgan fingerprint density at radius 2 is 2.13 bits per heavy atom. The molecule has 1 aliphatic heterocycles. The van der Waals surface area contributed by atoms with Gasteiger partial charge in [0.2, 0.25) is 0 Å². The number of nitrogens with one attached hydrogen (secondary N) is 1. The number of nitrogens with zero attached hydrogens (tertiary/aromatic N) is 1. The van der Waals surface area contributed by atoms with Gasteiger partial charge >= 0.3 is 0 Å². The highest BCUT2D eigenvalue weighted by Gasteiger charge is 2.12. The van der Waals surface area contributed by atoms with Gasteiger partial charge in [0.1, 0.15) is 0 Å². The first-order valence-electron chi connectivity index (χ1n) is 5.77. The molecule has 2 nitrogen and oxygen atoms in total. The molecule has 0 unspecified atom stereocenters. The van der Waals surface area contributed by atoms with Crippen molar-refractivity contribution in [3.63, 3.8) is 0 Å². The van der Waals surface area contributed by atoms with Crippen molar-refractivity contribution < 1.29 is 0 Å². The third-order valence-electron chi connectivity index (χ3n) is 3.09. The van der Waals surface area contributed by atoms with Crippen molar-refractivity contribution >= 4 is 11.4 Å². The largest absolute Gasteiger partial charge is 0.383 e. The molecule has 1 aromatic rings. The Kier molecular flexibility index (Phi) is 2.85. The van der Waals surface area contributed by atoms with E-state index >= 15 is 0 Å². The van der Waals surface area contributed by atoms with E-state index in [1.807, 2.05) is 0 Å². The summed E-state index contributed by atoms with van der Waals surface area (Å²) in [4.78, 5) is 2.35. The predicted octanol–water partition coefficient (Wildman–Crippen LogP) is 3.06. The summed E-state index contributed by atoms with van der Waals surface area (Å²) < 4.78 is 0. The standard InChI is InChI=1S/C13H20N2/c1-10(2)11-5-6-12-13(9-11)15(3)8-4-7-14-12/h5-6,9-10,14H,4,7-8H2,1-3H3. The van der Waals surface area contributed by atoms with Crippen molar-refractivity contribution in [2.24, 2.45) is 0 Å². The lowest BCUT2D eigenvalue weighted by molar-refractivity contribution is 0.833. The molecule has 2 heteroatoms. The van der Waals surface area contributed by atoms with Gasteiger partial charge in [0.15, 0.2) is 0 Å². The minimum Gasteiger partial charge on any atom is -0.383 e. The minimum atomic E-state index is 0.604. The second-order valence-electron chi connectivity index (χ2n) is 4.63. The summed E-state index contributed by atoms with van der Waals surface area (Å²) in [7, 11) is 2.18. The first-order chi connectivity index (χ1) is 7.18. The molecule has 0 amide bonds. The van der Waals surface area contributed by atoms with Gasteiger partial charge in [-0.3, -0.25) is 0 Å². The number of anilines is 2. The monoisotopic (exact) mass is 204 g/mol. The lowest BCUT2D eigenvalue weighted by atomic mass is 10.0. The Labute approximate surface area is 92.3 Å². The van der Waals surface area contributed by atoms with E-state index < -0.39 is 0 Å². The van der Waals surface area contributed by atoms with Crippen LogP contribution in [-0.2, 0) is 0 Å². The summed E-state index contributed by atoms with van der Waals surface area (Å²) in [5.41, 5.74) is 4.04. The number of hydrogen-bond acceptors (Lipinski definition) is 2. The normalized spacial score (nSPS) is 15.9. The molecule has 1 aliphatic rings. The Bertz CT molecular complexity index is 344. The van der Waals surface area contributed by atoms with Gasteiger partial charge in [-0.25, -0.2) is 0 Å². The van der Waals surface area contributed by atoms with Crippen LogP contribution < -0.4 is 10.2 Å². The number of rotatable bonds is 1. The zero-order valence-corrected chi connectivity index (χ0v) is 9.88. The molecule has 1 N–H and O–H groups in total. The third kappa shape index (κ3) is 2.09. The van der Waals surface area contributed by atoms with Gasteiger partial charge < -0.3 is 10.2 Å². The zero-order valence-electron chi connectivity index (χ0n) is 9.88. The van der Waals surface area contributed by atoms with E-state index in [0.29, 0.717) is 5.92 Å². The molecule has 0 radical (unpaired) electrons. The molecule has 0 saturated heterocycles. The van der Waals surface area contributed by atoms with E-state index in [9.17, 15) is 0 Å². The fourth-order valence-corrected chi connectivity index (χ4v) is 2.03. The lowest BCUT2D eigenvalue weighted by Gasteiger charge is -2.20. The summed E-state index contributed by atoms with van der Waals surface area (Å²) >= 11 is 0. The molecule has 2 rings (SSSR count). The van der Waals surface area contributed by atoms with Crippen LogP contribution in [0.5, 0.6) is 0 Å². The van der Waals surface area contributed by atoms with Gasteiger partial charge in [0.05, 0.1) is 11.4 Å². The average molecular weight is 204 g/mol. The highest BCUT2D eigenvalue weighted by Crippen LogP contribution is 2.30. The lowest BCUT2D eigenvalue weighted by Crippen LogP contribution is -2.17. The average Bonchev–Trinajstić information content (AvgIpc) is 2.40. The number of benzene rings is 1. The van der Waals surface area contributed by atoms with Crippen molar-refractivity contribution in [2.75, 3.05) is 30.4 Å². The number of fused-ring (bicyclic) bond motifs is 1. The summed E-state index contributed by atoms with van der Waals surface area (Å²) in [6.45, 7) is 6.71. The maximum absolute atomic E-state index is 3.48. The highest BCUT2D eigenvalue weighted by atomic mass is 15.1. The summed E-state index contributed by atoms with van der Waals surface area (Å²) in [6, 6.07) is 6.76. The van der Waals surface area contributed by atoms with Gasteiger partial charge in [-0.2, -0.15) is 0 Å². The quantitative estimate of drug-likeness (QED) is 0.756. The van der Waals surface area contributed by atoms with Crippen molar-refractivity contribution in [3.05, 3.63) is 23.8 Å². The van der Waals surface area contributed by atoms with Gasteiger partial charge in [0, 0.05) is 20.1 Å². The van der Waals surface area contributed by atoms with Crippen LogP contribution in [0.25, 0.3) is 0 Å². The van der Waals surface area contributed by atoms with Crippen LogP contribution in [0.2, 0.25) is 0 Å². The molecule has 0 atom stereocenters. The van der Waals surface area contributed by atoms with Crippen LogP contribution in [0, 0.1) is 0 Å². The molecule has 0 aliphatic carbocycles. The van der Waals surface area contributed by atoms with Gasteiger partial charge in [0.25, 0.3) is 0 Å². The molecule has 0 saturated carbocycles. The van der Waals surface area contributed by atoms with Gasteiger partial charge in [-0.05, 0) is 30.0 Å². The molecular weight excluding hydrogens is 184 g/mol. The Morgan fingerprint density at radius 3 is 2.87 bits per heavy atom. The Hall–Kier alpha value is -1.18. The molecule has 0 aromatic heterocycles. The van der Waals surface area contributed by atoms with E-state index in [-0.39, 0.29) is 0 Å². The highest BCUT2D eigenvalue weighted by molar-refractivity contribution is 5.71. The van der Waals surface area contributed by atoms with Crippen molar-refractivity contribution in [1.29, 1.82) is 0 Å². The van der Waals surface area contributed by atoms with Crippen LogP contribution in [0.4, 0.5) is 11.4 Å². The van der Waals surface area contributed by atoms with E-state index in [1.54, 1.807) is 0 Å². The van der Waals surface area contributed by atoms with Gasteiger partial charge in [-0.15, -0.1) is 0 Å². The number of hydrogen-bond donors (Lipinski definition) is 1. The molecule has 0 bridgehead atoms. The smallest absolute Gasteiger partial charge is 0.0602 e. The van der Waals surface area contributed by atoms with Crippen LogP contribution in [0.1, 0.15) is 31.7 Å². The van der Waals surface area contributed by atoms with E-state index in [2.05, 4.69) is 49.3 Å². The van der Waals surface area contributed by atoms with Crippen LogP contribution in [0.15, 0.2) is 18.2 Å². The molecule has 0 spiro atoms. The zero-order chi connectivity index (χ0) is 10.8. The molecular formula is C13H20N2. The summed E-state index contributed by atoms with van der Waals surface area (Å²) in [6.07, 6.45) is 1.21. The van der Waals surface area contributed by atoms with Crippen molar-refractivity contribution in [1.82, 2.24) is 0 Å². The Balaban J connectivity index is 2.39. The molecule has 15 heavy (non-hydrogen) atoms. The topological polar surface area (TPSA) is 15.3 Å².